The van der Waals surface area contributed by atoms with E-state index < -0.39 is 0 Å². The van der Waals surface area contributed by atoms with Crippen LogP contribution in [0.5, 0.6) is 0 Å². The number of anilines is 1. The van der Waals surface area contributed by atoms with E-state index in [2.05, 4.69) is 21.2 Å². The van der Waals surface area contributed by atoms with Crippen LogP contribution in [0.1, 0.15) is 24.4 Å². The van der Waals surface area contributed by atoms with Crippen molar-refractivity contribution in [1.29, 1.82) is 0 Å². The first-order valence-corrected chi connectivity index (χ1v) is 5.83. The van der Waals surface area contributed by atoms with Gasteiger partial charge in [0, 0.05) is 16.2 Å². The Hall–Kier alpha value is -0.250. The van der Waals surface area contributed by atoms with E-state index in [0.29, 0.717) is 11.1 Å². The van der Waals surface area contributed by atoms with Crippen LogP contribution in [-0.4, -0.2) is 6.54 Å². The second kappa shape index (κ2) is 4.09. The molecule has 2 nitrogen and oxygen atoms in total. The molecule has 0 aliphatic carbocycles. The molecular formula is C10H12BrClN2. The number of hydrogen-bond donors (Lipinski definition) is 2. The predicted molar refractivity (Wildman–Crippen MR) is 63.5 cm³/mol. The van der Waals surface area contributed by atoms with Gasteiger partial charge in [-0.15, -0.1) is 0 Å². The number of halogens is 2. The summed E-state index contributed by atoms with van der Waals surface area (Å²) in [5.74, 6) is 0. The van der Waals surface area contributed by atoms with Crippen molar-refractivity contribution >= 4 is 33.2 Å². The highest BCUT2D eigenvalue weighted by atomic mass is 79.9. The maximum Gasteiger partial charge on any atom is 0.0568 e. The summed E-state index contributed by atoms with van der Waals surface area (Å²) in [6.45, 7) is 1.07. The Morgan fingerprint density at radius 3 is 2.93 bits per heavy atom. The molecule has 0 bridgehead atoms. The van der Waals surface area contributed by atoms with Gasteiger partial charge in [0.25, 0.3) is 0 Å². The SMILES string of the molecule is Nc1cc(Cl)c(Br)cc1[C@@H]1CCCN1. The van der Waals surface area contributed by atoms with Crippen LogP contribution in [0.3, 0.4) is 0 Å². The van der Waals surface area contributed by atoms with E-state index in [1.54, 1.807) is 6.07 Å². The summed E-state index contributed by atoms with van der Waals surface area (Å²) < 4.78 is 0.914. The first kappa shape index (κ1) is 10.3. The van der Waals surface area contributed by atoms with E-state index in [1.165, 1.54) is 6.42 Å². The molecule has 1 atom stereocenters. The highest BCUT2D eigenvalue weighted by Gasteiger charge is 2.19. The highest BCUT2D eigenvalue weighted by Crippen LogP contribution is 2.34. The summed E-state index contributed by atoms with van der Waals surface area (Å²) in [5.41, 5.74) is 7.85. The summed E-state index contributed by atoms with van der Waals surface area (Å²) in [6.07, 6.45) is 2.36. The van der Waals surface area contributed by atoms with Gasteiger partial charge in [0.15, 0.2) is 0 Å². The van der Waals surface area contributed by atoms with E-state index in [0.717, 1.165) is 28.7 Å². The lowest BCUT2D eigenvalue weighted by molar-refractivity contribution is 0.649. The normalized spacial score (nSPS) is 21.4. The van der Waals surface area contributed by atoms with Crippen LogP contribution in [0.4, 0.5) is 5.69 Å². The van der Waals surface area contributed by atoms with E-state index in [4.69, 9.17) is 17.3 Å². The second-order valence-corrected chi connectivity index (χ2v) is 4.81. The molecule has 1 fully saturated rings. The van der Waals surface area contributed by atoms with Crippen molar-refractivity contribution in [2.75, 3.05) is 12.3 Å². The van der Waals surface area contributed by atoms with Gasteiger partial charge in [0.05, 0.1) is 5.02 Å². The fourth-order valence-electron chi connectivity index (χ4n) is 1.83. The molecule has 3 N–H and O–H groups in total. The number of hydrogen-bond acceptors (Lipinski definition) is 2. The first-order chi connectivity index (χ1) is 6.68. The maximum atomic E-state index is 5.95. The average Bonchev–Trinajstić information content (AvgIpc) is 2.64. The largest absolute Gasteiger partial charge is 0.398 e. The lowest BCUT2D eigenvalue weighted by Crippen LogP contribution is -2.14. The van der Waals surface area contributed by atoms with Crippen molar-refractivity contribution in [3.05, 3.63) is 27.2 Å². The van der Waals surface area contributed by atoms with Gasteiger partial charge in [-0.25, -0.2) is 0 Å². The molecule has 14 heavy (non-hydrogen) atoms. The molecule has 76 valence electrons. The zero-order valence-corrected chi connectivity index (χ0v) is 10.0. The van der Waals surface area contributed by atoms with Crippen LogP contribution in [0.15, 0.2) is 16.6 Å². The van der Waals surface area contributed by atoms with Crippen molar-refractivity contribution in [3.63, 3.8) is 0 Å². The highest BCUT2D eigenvalue weighted by molar-refractivity contribution is 9.10. The van der Waals surface area contributed by atoms with Crippen molar-refractivity contribution in [1.82, 2.24) is 5.32 Å². The Labute approximate surface area is 96.9 Å². The molecule has 0 unspecified atom stereocenters. The summed E-state index contributed by atoms with van der Waals surface area (Å²) in [7, 11) is 0. The molecule has 2 rings (SSSR count). The Morgan fingerprint density at radius 2 is 2.29 bits per heavy atom. The molecule has 1 aromatic rings. The molecule has 0 aromatic heterocycles. The third kappa shape index (κ3) is 1.90. The van der Waals surface area contributed by atoms with Gasteiger partial charge in [0.2, 0.25) is 0 Å². The summed E-state index contributed by atoms with van der Waals surface area (Å²) >= 11 is 9.36. The standard InChI is InChI=1S/C10H12BrClN2/c11-7-4-6(9(13)5-8(7)12)10-2-1-3-14-10/h4-5,10,14H,1-3,13H2/t10-/m0/s1. The predicted octanol–water partition coefficient (Wildman–Crippen LogP) is 3.11. The molecule has 0 radical (unpaired) electrons. The van der Waals surface area contributed by atoms with Gasteiger partial charge in [-0.2, -0.15) is 0 Å². The molecule has 1 aliphatic rings. The third-order valence-corrected chi connectivity index (χ3v) is 3.76. The van der Waals surface area contributed by atoms with Gasteiger partial charge in [-0.3, -0.25) is 0 Å². The van der Waals surface area contributed by atoms with E-state index >= 15 is 0 Å². The van der Waals surface area contributed by atoms with E-state index in [1.807, 2.05) is 6.07 Å². The Kier molecular flexibility index (Phi) is 3.00. The zero-order valence-electron chi connectivity index (χ0n) is 7.69. The van der Waals surface area contributed by atoms with Gasteiger partial charge < -0.3 is 11.1 Å². The monoisotopic (exact) mass is 274 g/mol. The molecule has 0 spiro atoms. The second-order valence-electron chi connectivity index (χ2n) is 3.54. The van der Waals surface area contributed by atoms with Gasteiger partial charge in [0.1, 0.15) is 0 Å². The molecule has 1 aromatic carbocycles. The van der Waals surface area contributed by atoms with Crippen LogP contribution >= 0.6 is 27.5 Å². The molecular weight excluding hydrogens is 263 g/mol. The van der Waals surface area contributed by atoms with Crippen molar-refractivity contribution in [2.45, 2.75) is 18.9 Å². The Balaban J connectivity index is 2.37. The molecule has 1 aliphatic heterocycles. The van der Waals surface area contributed by atoms with Gasteiger partial charge in [-0.1, -0.05) is 11.6 Å². The first-order valence-electron chi connectivity index (χ1n) is 4.66. The summed E-state index contributed by atoms with van der Waals surface area (Å²) in [4.78, 5) is 0. The average molecular weight is 276 g/mol. The minimum absolute atomic E-state index is 0.392. The number of rotatable bonds is 1. The smallest absolute Gasteiger partial charge is 0.0568 e. The number of nitrogens with two attached hydrogens (primary N) is 1. The van der Waals surface area contributed by atoms with Crippen LogP contribution < -0.4 is 11.1 Å². The fraction of sp³-hybridized carbons (Fsp3) is 0.400. The number of nitrogens with one attached hydrogen (secondary N) is 1. The van der Waals surface area contributed by atoms with Gasteiger partial charge in [-0.05, 0) is 53.0 Å². The Morgan fingerprint density at radius 1 is 1.50 bits per heavy atom. The fourth-order valence-corrected chi connectivity index (χ4v) is 2.36. The lowest BCUT2D eigenvalue weighted by atomic mass is 10.0. The minimum Gasteiger partial charge on any atom is -0.398 e. The van der Waals surface area contributed by atoms with E-state index in [9.17, 15) is 0 Å². The number of nitrogen functional groups attached to an aromatic ring is 1. The molecule has 4 heteroatoms. The number of benzene rings is 1. The minimum atomic E-state index is 0.392. The van der Waals surface area contributed by atoms with Crippen molar-refractivity contribution in [3.8, 4) is 0 Å². The van der Waals surface area contributed by atoms with Crippen molar-refractivity contribution < 1.29 is 0 Å². The lowest BCUT2D eigenvalue weighted by Gasteiger charge is -2.14. The zero-order chi connectivity index (χ0) is 10.1. The third-order valence-electron chi connectivity index (χ3n) is 2.56. The summed E-state index contributed by atoms with van der Waals surface area (Å²) in [6, 6.07) is 4.21. The van der Waals surface area contributed by atoms with Crippen LogP contribution in [0.25, 0.3) is 0 Å². The van der Waals surface area contributed by atoms with Crippen LogP contribution in [-0.2, 0) is 0 Å². The van der Waals surface area contributed by atoms with Crippen LogP contribution in [0, 0.1) is 0 Å². The summed E-state index contributed by atoms with van der Waals surface area (Å²) in [5, 5.41) is 4.09. The Bertz CT molecular complexity index is 348. The quantitative estimate of drug-likeness (QED) is 0.773. The molecule has 1 saturated heterocycles. The van der Waals surface area contributed by atoms with Crippen molar-refractivity contribution in [2.24, 2.45) is 0 Å². The molecule has 1 heterocycles. The van der Waals surface area contributed by atoms with Crippen LogP contribution in [0.2, 0.25) is 5.02 Å². The van der Waals surface area contributed by atoms with E-state index in [-0.39, 0.29) is 0 Å². The van der Waals surface area contributed by atoms with Gasteiger partial charge >= 0.3 is 0 Å². The molecule has 0 saturated carbocycles. The maximum absolute atomic E-state index is 5.95. The topological polar surface area (TPSA) is 38.0 Å². The molecule has 0 amide bonds.